The van der Waals surface area contributed by atoms with Crippen LogP contribution in [0, 0.1) is 0 Å². The van der Waals surface area contributed by atoms with E-state index in [0.717, 1.165) is 0 Å². The lowest BCUT2D eigenvalue weighted by atomic mass is 10.4. The number of imidazole rings is 1. The van der Waals surface area contributed by atoms with Gasteiger partial charge in [0.05, 0.1) is 6.20 Å². The zero-order valence-corrected chi connectivity index (χ0v) is 9.49. The molecule has 0 fully saturated rings. The third-order valence-electron chi connectivity index (χ3n) is 2.22. The second-order valence-electron chi connectivity index (χ2n) is 3.02. The van der Waals surface area contributed by atoms with Gasteiger partial charge in [0.1, 0.15) is 5.52 Å². The van der Waals surface area contributed by atoms with Gasteiger partial charge in [-0.15, -0.1) is 24.8 Å². The van der Waals surface area contributed by atoms with Crippen LogP contribution in [0.5, 0.6) is 0 Å². The number of halogens is 2. The van der Waals surface area contributed by atoms with E-state index in [-0.39, 0.29) is 35.9 Å². The summed E-state index contributed by atoms with van der Waals surface area (Å²) in [6.45, 7) is 0. The molecule has 3 rings (SSSR count). The maximum atomic E-state index is 11.4. The van der Waals surface area contributed by atoms with Gasteiger partial charge in [-0.25, -0.2) is 4.98 Å². The normalized spacial score (nSPS) is 10.0. The average molecular weight is 260 g/mol. The Hall–Kier alpha value is -1.59. The van der Waals surface area contributed by atoms with Crippen molar-refractivity contribution in [3.8, 4) is 0 Å². The molecule has 84 valence electrons. The minimum Gasteiger partial charge on any atom is -0.269 e. The quantitative estimate of drug-likeness (QED) is 0.594. The standard InChI is InChI=1S/C9H5N3O2.2ClH/c13-7-2-1-6-9-11(7)3-4-12(9)8(14)5-10-6;;/h1-5H;2*1H. The Labute approximate surface area is 102 Å². The van der Waals surface area contributed by atoms with E-state index < -0.39 is 0 Å². The fraction of sp³-hybridized carbons (Fsp3) is 0. The molecule has 3 heterocycles. The Morgan fingerprint density at radius 1 is 0.938 bits per heavy atom. The summed E-state index contributed by atoms with van der Waals surface area (Å²) >= 11 is 0. The molecule has 0 saturated carbocycles. The Bertz CT molecular complexity index is 675. The summed E-state index contributed by atoms with van der Waals surface area (Å²) in [5.74, 6) is 0. The summed E-state index contributed by atoms with van der Waals surface area (Å²) in [4.78, 5) is 26.7. The third kappa shape index (κ3) is 1.45. The number of hydrogen-bond acceptors (Lipinski definition) is 3. The van der Waals surface area contributed by atoms with Crippen molar-refractivity contribution in [3.63, 3.8) is 0 Å². The molecule has 0 radical (unpaired) electrons. The van der Waals surface area contributed by atoms with E-state index in [2.05, 4.69) is 4.98 Å². The predicted octanol–water partition coefficient (Wildman–Crippen LogP) is 0.589. The molecule has 0 bridgehead atoms. The van der Waals surface area contributed by atoms with Crippen LogP contribution in [-0.2, 0) is 0 Å². The van der Waals surface area contributed by atoms with Gasteiger partial charge in [-0.2, -0.15) is 0 Å². The van der Waals surface area contributed by atoms with E-state index in [9.17, 15) is 9.59 Å². The van der Waals surface area contributed by atoms with E-state index in [1.165, 1.54) is 21.1 Å². The third-order valence-corrected chi connectivity index (χ3v) is 2.22. The van der Waals surface area contributed by atoms with Crippen LogP contribution in [0.3, 0.4) is 0 Å². The summed E-state index contributed by atoms with van der Waals surface area (Å²) in [7, 11) is 0. The molecule has 0 N–H and O–H groups in total. The maximum absolute atomic E-state index is 11.4. The molecule has 3 aromatic rings. The lowest BCUT2D eigenvalue weighted by molar-refractivity contribution is 1.04. The first-order valence-corrected chi connectivity index (χ1v) is 4.08. The molecule has 16 heavy (non-hydrogen) atoms. The molecule has 0 aliphatic carbocycles. The second-order valence-corrected chi connectivity index (χ2v) is 3.02. The highest BCUT2D eigenvalue weighted by Crippen LogP contribution is 2.05. The second kappa shape index (κ2) is 4.11. The largest absolute Gasteiger partial charge is 0.274 e. The van der Waals surface area contributed by atoms with Crippen LogP contribution in [0.15, 0.2) is 40.3 Å². The summed E-state index contributed by atoms with van der Waals surface area (Å²) in [6.07, 6.45) is 4.37. The zero-order valence-electron chi connectivity index (χ0n) is 7.86. The first-order valence-electron chi connectivity index (χ1n) is 4.08. The van der Waals surface area contributed by atoms with Gasteiger partial charge < -0.3 is 0 Å². The van der Waals surface area contributed by atoms with Crippen LogP contribution in [0.1, 0.15) is 0 Å². The van der Waals surface area contributed by atoms with Crippen LogP contribution in [0.2, 0.25) is 0 Å². The molecule has 3 aromatic heterocycles. The smallest absolute Gasteiger partial charge is 0.269 e. The van der Waals surface area contributed by atoms with E-state index in [0.29, 0.717) is 11.2 Å². The SMILES string of the molecule is Cl.Cl.O=c1ccc2ncc(=O)n3ccn1c23. The summed E-state index contributed by atoms with van der Waals surface area (Å²) in [6, 6.07) is 3.04. The highest BCUT2D eigenvalue weighted by molar-refractivity contribution is 5.85. The highest BCUT2D eigenvalue weighted by atomic mass is 35.5. The number of pyridine rings is 1. The molecule has 0 spiro atoms. The Morgan fingerprint density at radius 3 is 2.25 bits per heavy atom. The molecule has 7 heteroatoms. The molecule has 0 aliphatic rings. The van der Waals surface area contributed by atoms with Gasteiger partial charge in [0.2, 0.25) is 0 Å². The van der Waals surface area contributed by atoms with Crippen LogP contribution in [-0.4, -0.2) is 13.8 Å². The lowest BCUT2D eigenvalue weighted by Crippen LogP contribution is -2.16. The number of aromatic nitrogens is 3. The van der Waals surface area contributed by atoms with Crippen LogP contribution >= 0.6 is 24.8 Å². The molecule has 0 aromatic carbocycles. The number of rotatable bonds is 0. The zero-order chi connectivity index (χ0) is 9.71. The van der Waals surface area contributed by atoms with Gasteiger partial charge >= 0.3 is 0 Å². The number of nitrogens with zero attached hydrogens (tertiary/aromatic N) is 3. The van der Waals surface area contributed by atoms with Crippen molar-refractivity contribution in [2.45, 2.75) is 0 Å². The van der Waals surface area contributed by atoms with E-state index in [1.54, 1.807) is 18.5 Å². The van der Waals surface area contributed by atoms with Crippen molar-refractivity contribution in [2.75, 3.05) is 0 Å². The lowest BCUT2D eigenvalue weighted by Gasteiger charge is -1.97. The monoisotopic (exact) mass is 259 g/mol. The molecule has 0 unspecified atom stereocenters. The van der Waals surface area contributed by atoms with Crippen LogP contribution in [0.25, 0.3) is 11.2 Å². The Balaban J connectivity index is 0.000000640. The van der Waals surface area contributed by atoms with Crippen molar-refractivity contribution < 1.29 is 0 Å². The molecular formula is C9H7Cl2N3O2. The Kier molecular flexibility index (Phi) is 3.21. The summed E-state index contributed by atoms with van der Waals surface area (Å²) in [5.41, 5.74) is 0.775. The molecule has 0 atom stereocenters. The van der Waals surface area contributed by atoms with Gasteiger partial charge in [0, 0.05) is 18.5 Å². The fourth-order valence-electron chi connectivity index (χ4n) is 1.59. The van der Waals surface area contributed by atoms with Crippen molar-refractivity contribution in [1.29, 1.82) is 0 Å². The van der Waals surface area contributed by atoms with Crippen LogP contribution < -0.4 is 11.1 Å². The molecule has 5 nitrogen and oxygen atoms in total. The first-order chi connectivity index (χ1) is 6.77. The van der Waals surface area contributed by atoms with E-state index in [4.69, 9.17) is 0 Å². The van der Waals surface area contributed by atoms with E-state index >= 15 is 0 Å². The van der Waals surface area contributed by atoms with Gasteiger partial charge in [0.25, 0.3) is 11.1 Å². The minimum atomic E-state index is -0.231. The van der Waals surface area contributed by atoms with Crippen molar-refractivity contribution >= 4 is 36.0 Å². The Morgan fingerprint density at radius 2 is 1.56 bits per heavy atom. The number of hydrogen-bond donors (Lipinski definition) is 0. The average Bonchev–Trinajstić information content (AvgIpc) is 2.62. The molecule has 0 aliphatic heterocycles. The topological polar surface area (TPSA) is 55.8 Å². The van der Waals surface area contributed by atoms with Crippen LogP contribution in [0.4, 0.5) is 0 Å². The van der Waals surface area contributed by atoms with Crippen molar-refractivity contribution in [2.24, 2.45) is 0 Å². The fourth-order valence-corrected chi connectivity index (χ4v) is 1.59. The summed E-state index contributed by atoms with van der Waals surface area (Å²) < 4.78 is 2.81. The van der Waals surface area contributed by atoms with Crippen molar-refractivity contribution in [3.05, 3.63) is 51.4 Å². The first kappa shape index (κ1) is 12.5. The van der Waals surface area contributed by atoms with Gasteiger partial charge in [-0.3, -0.25) is 18.4 Å². The minimum absolute atomic E-state index is 0. The highest BCUT2D eigenvalue weighted by Gasteiger charge is 2.06. The molecular weight excluding hydrogens is 253 g/mol. The van der Waals surface area contributed by atoms with Gasteiger partial charge in [-0.05, 0) is 6.07 Å². The van der Waals surface area contributed by atoms with Gasteiger partial charge in [-0.1, -0.05) is 0 Å². The van der Waals surface area contributed by atoms with Gasteiger partial charge in [0.15, 0.2) is 5.65 Å². The van der Waals surface area contributed by atoms with Crippen molar-refractivity contribution in [1.82, 2.24) is 13.8 Å². The maximum Gasteiger partial charge on any atom is 0.274 e. The molecule has 0 amide bonds. The molecule has 0 saturated heterocycles. The van der Waals surface area contributed by atoms with E-state index in [1.807, 2.05) is 0 Å². The summed E-state index contributed by atoms with van der Waals surface area (Å²) in [5, 5.41) is 0. The predicted molar refractivity (Wildman–Crippen MR) is 64.4 cm³/mol.